The SMILES string of the molecule is Cn1c(C#N)ccc1-c1ccc(NC#N)cc1. The van der Waals surface area contributed by atoms with E-state index in [1.807, 2.05) is 48.1 Å². The molecule has 1 heterocycles. The lowest BCUT2D eigenvalue weighted by molar-refractivity contribution is 0.917. The Morgan fingerprint density at radius 2 is 1.76 bits per heavy atom. The molecule has 0 bridgehead atoms. The molecule has 82 valence electrons. The maximum Gasteiger partial charge on any atom is 0.181 e. The Bertz CT molecular complexity index is 608. The summed E-state index contributed by atoms with van der Waals surface area (Å²) in [6.45, 7) is 0. The first-order chi connectivity index (χ1) is 8.26. The van der Waals surface area contributed by atoms with Gasteiger partial charge in [-0.15, -0.1) is 0 Å². The van der Waals surface area contributed by atoms with Gasteiger partial charge in [0, 0.05) is 18.4 Å². The van der Waals surface area contributed by atoms with Gasteiger partial charge in [-0.05, 0) is 29.8 Å². The number of hydrogen-bond donors (Lipinski definition) is 1. The van der Waals surface area contributed by atoms with Crippen LogP contribution in [0.25, 0.3) is 11.3 Å². The molecular weight excluding hydrogens is 212 g/mol. The zero-order valence-corrected chi connectivity index (χ0v) is 9.31. The fraction of sp³-hybridized carbons (Fsp3) is 0.0769. The summed E-state index contributed by atoms with van der Waals surface area (Å²) in [6, 6.07) is 13.3. The second kappa shape index (κ2) is 4.42. The van der Waals surface area contributed by atoms with Crippen LogP contribution in [0.15, 0.2) is 36.4 Å². The average Bonchev–Trinajstić information content (AvgIpc) is 2.72. The highest BCUT2D eigenvalue weighted by atomic mass is 15.0. The van der Waals surface area contributed by atoms with E-state index in [0.29, 0.717) is 5.69 Å². The molecule has 0 amide bonds. The summed E-state index contributed by atoms with van der Waals surface area (Å²) in [5, 5.41) is 19.9. The molecular formula is C13H10N4. The van der Waals surface area contributed by atoms with Gasteiger partial charge in [0.1, 0.15) is 11.8 Å². The van der Waals surface area contributed by atoms with Gasteiger partial charge in [-0.3, -0.25) is 5.32 Å². The van der Waals surface area contributed by atoms with E-state index in [-0.39, 0.29) is 0 Å². The van der Waals surface area contributed by atoms with Gasteiger partial charge in [-0.2, -0.15) is 10.5 Å². The number of rotatable bonds is 2. The number of aromatic nitrogens is 1. The summed E-state index contributed by atoms with van der Waals surface area (Å²) >= 11 is 0. The van der Waals surface area contributed by atoms with Crippen molar-refractivity contribution in [1.29, 1.82) is 10.5 Å². The molecule has 0 aliphatic carbocycles. The molecule has 2 aromatic rings. The van der Waals surface area contributed by atoms with Crippen LogP contribution in [0.3, 0.4) is 0 Å². The number of nitrogens with zero attached hydrogens (tertiary/aromatic N) is 3. The summed E-state index contributed by atoms with van der Waals surface area (Å²) < 4.78 is 1.84. The van der Waals surface area contributed by atoms with Gasteiger partial charge >= 0.3 is 0 Å². The van der Waals surface area contributed by atoms with Crippen LogP contribution in [0, 0.1) is 22.8 Å². The van der Waals surface area contributed by atoms with Crippen LogP contribution in [-0.2, 0) is 7.05 Å². The lowest BCUT2D eigenvalue weighted by Crippen LogP contribution is -1.94. The molecule has 0 aliphatic rings. The van der Waals surface area contributed by atoms with E-state index in [4.69, 9.17) is 10.5 Å². The average molecular weight is 222 g/mol. The molecule has 0 unspecified atom stereocenters. The molecule has 1 aromatic carbocycles. The monoisotopic (exact) mass is 222 g/mol. The topological polar surface area (TPSA) is 64.5 Å². The zero-order valence-electron chi connectivity index (χ0n) is 9.31. The fourth-order valence-corrected chi connectivity index (χ4v) is 1.70. The zero-order chi connectivity index (χ0) is 12.3. The van der Waals surface area contributed by atoms with Crippen LogP contribution in [0.1, 0.15) is 5.69 Å². The number of benzene rings is 1. The number of nitriles is 2. The molecule has 0 radical (unpaired) electrons. The first-order valence-corrected chi connectivity index (χ1v) is 5.07. The van der Waals surface area contributed by atoms with Crippen molar-refractivity contribution in [3.8, 4) is 23.5 Å². The number of hydrogen-bond acceptors (Lipinski definition) is 3. The van der Waals surface area contributed by atoms with E-state index in [2.05, 4.69) is 11.4 Å². The Balaban J connectivity index is 2.38. The largest absolute Gasteiger partial charge is 0.335 e. The van der Waals surface area contributed by atoms with Crippen molar-refractivity contribution < 1.29 is 0 Å². The summed E-state index contributed by atoms with van der Waals surface area (Å²) in [5.41, 5.74) is 3.37. The molecule has 17 heavy (non-hydrogen) atoms. The van der Waals surface area contributed by atoms with E-state index in [0.717, 1.165) is 16.9 Å². The van der Waals surface area contributed by atoms with E-state index in [1.165, 1.54) is 0 Å². The minimum absolute atomic E-state index is 0.624. The van der Waals surface area contributed by atoms with Gasteiger partial charge in [0.15, 0.2) is 6.19 Å². The van der Waals surface area contributed by atoms with Crippen molar-refractivity contribution in [2.45, 2.75) is 0 Å². The fourth-order valence-electron chi connectivity index (χ4n) is 1.70. The minimum Gasteiger partial charge on any atom is -0.335 e. The van der Waals surface area contributed by atoms with Crippen molar-refractivity contribution in [1.82, 2.24) is 4.57 Å². The third-order valence-electron chi connectivity index (χ3n) is 2.62. The summed E-state index contributed by atoms with van der Waals surface area (Å²) in [7, 11) is 1.86. The van der Waals surface area contributed by atoms with Crippen LogP contribution >= 0.6 is 0 Å². The second-order valence-electron chi connectivity index (χ2n) is 3.59. The van der Waals surface area contributed by atoms with Crippen molar-refractivity contribution in [3.63, 3.8) is 0 Å². The van der Waals surface area contributed by atoms with Crippen LogP contribution in [-0.4, -0.2) is 4.57 Å². The van der Waals surface area contributed by atoms with E-state index in [1.54, 1.807) is 6.07 Å². The van der Waals surface area contributed by atoms with Crippen LogP contribution in [0.2, 0.25) is 0 Å². The molecule has 0 aliphatic heterocycles. The smallest absolute Gasteiger partial charge is 0.181 e. The molecule has 4 heteroatoms. The Kier molecular flexibility index (Phi) is 2.81. The van der Waals surface area contributed by atoms with Gasteiger partial charge in [-0.1, -0.05) is 12.1 Å². The van der Waals surface area contributed by atoms with E-state index >= 15 is 0 Å². The van der Waals surface area contributed by atoms with Crippen molar-refractivity contribution in [2.24, 2.45) is 7.05 Å². The van der Waals surface area contributed by atoms with Crippen molar-refractivity contribution in [2.75, 3.05) is 5.32 Å². The van der Waals surface area contributed by atoms with Crippen LogP contribution < -0.4 is 5.32 Å². The van der Waals surface area contributed by atoms with Gasteiger partial charge in [0.2, 0.25) is 0 Å². The number of anilines is 1. The predicted octanol–water partition coefficient (Wildman–Crippen LogP) is 2.46. The molecule has 0 atom stereocenters. The highest BCUT2D eigenvalue weighted by molar-refractivity contribution is 5.65. The molecule has 0 spiro atoms. The molecule has 2 rings (SSSR count). The van der Waals surface area contributed by atoms with E-state index < -0.39 is 0 Å². The molecule has 0 saturated carbocycles. The number of nitrogens with one attached hydrogen (secondary N) is 1. The summed E-state index contributed by atoms with van der Waals surface area (Å²) in [4.78, 5) is 0. The molecule has 0 saturated heterocycles. The summed E-state index contributed by atoms with van der Waals surface area (Å²) in [5.74, 6) is 0. The van der Waals surface area contributed by atoms with Gasteiger partial charge in [0.25, 0.3) is 0 Å². The third-order valence-corrected chi connectivity index (χ3v) is 2.62. The van der Waals surface area contributed by atoms with Gasteiger partial charge in [0.05, 0.1) is 0 Å². The lowest BCUT2D eigenvalue weighted by Gasteiger charge is -2.05. The van der Waals surface area contributed by atoms with Crippen molar-refractivity contribution in [3.05, 3.63) is 42.1 Å². The standard InChI is InChI=1S/C13H10N4/c1-17-12(8-14)6-7-13(17)10-2-4-11(5-3-10)16-9-15/h2-7,16H,1H3. The molecule has 1 N–H and O–H groups in total. The maximum absolute atomic E-state index is 8.88. The maximum atomic E-state index is 8.88. The Hall–Kier alpha value is -2.72. The highest BCUT2D eigenvalue weighted by Crippen LogP contribution is 2.22. The molecule has 0 fully saturated rings. The Labute approximate surface area is 99.3 Å². The minimum atomic E-state index is 0.624. The lowest BCUT2D eigenvalue weighted by atomic mass is 10.1. The molecule has 1 aromatic heterocycles. The first-order valence-electron chi connectivity index (χ1n) is 5.07. The second-order valence-corrected chi connectivity index (χ2v) is 3.59. The van der Waals surface area contributed by atoms with Crippen LogP contribution in [0.5, 0.6) is 0 Å². The molecule has 4 nitrogen and oxygen atoms in total. The quantitative estimate of drug-likeness (QED) is 0.627. The predicted molar refractivity (Wildman–Crippen MR) is 64.8 cm³/mol. The van der Waals surface area contributed by atoms with E-state index in [9.17, 15) is 0 Å². The van der Waals surface area contributed by atoms with Gasteiger partial charge in [-0.25, -0.2) is 0 Å². The first kappa shape index (κ1) is 10.8. The highest BCUT2D eigenvalue weighted by Gasteiger charge is 2.05. The van der Waals surface area contributed by atoms with Gasteiger partial charge < -0.3 is 4.57 Å². The Morgan fingerprint density at radius 3 is 2.29 bits per heavy atom. The van der Waals surface area contributed by atoms with Crippen molar-refractivity contribution >= 4 is 5.69 Å². The van der Waals surface area contributed by atoms with Crippen LogP contribution in [0.4, 0.5) is 5.69 Å². The summed E-state index contributed by atoms with van der Waals surface area (Å²) in [6.07, 6.45) is 1.87. The Morgan fingerprint density at radius 1 is 1.06 bits per heavy atom. The normalized spacial score (nSPS) is 9.35. The third kappa shape index (κ3) is 1.97.